The van der Waals surface area contributed by atoms with Crippen LogP contribution in [0.15, 0.2) is 42.5 Å². The summed E-state index contributed by atoms with van der Waals surface area (Å²) in [5, 5.41) is 3.20. The zero-order valence-corrected chi connectivity index (χ0v) is 17.2. The molecule has 1 heterocycles. The van der Waals surface area contributed by atoms with Crippen LogP contribution in [0.25, 0.3) is 0 Å². The van der Waals surface area contributed by atoms with Gasteiger partial charge in [-0.3, -0.25) is 9.59 Å². The minimum Gasteiger partial charge on any atom is -0.345 e. The Hall–Kier alpha value is -2.62. The second-order valence-corrected chi connectivity index (χ2v) is 8.29. The van der Waals surface area contributed by atoms with E-state index >= 15 is 0 Å². The van der Waals surface area contributed by atoms with Gasteiger partial charge in [0, 0.05) is 25.1 Å². The van der Waals surface area contributed by atoms with Crippen molar-refractivity contribution in [3.8, 4) is 0 Å². The molecular weight excluding hydrogens is 360 g/mol. The van der Waals surface area contributed by atoms with Crippen molar-refractivity contribution in [1.29, 1.82) is 0 Å². The van der Waals surface area contributed by atoms with E-state index in [0.29, 0.717) is 18.5 Å². The van der Waals surface area contributed by atoms with Gasteiger partial charge in [-0.2, -0.15) is 0 Å². The van der Waals surface area contributed by atoms with Crippen molar-refractivity contribution < 1.29 is 9.59 Å². The van der Waals surface area contributed by atoms with E-state index in [2.05, 4.69) is 30.4 Å². The highest BCUT2D eigenvalue weighted by Gasteiger charge is 2.20. The molecule has 2 aromatic rings. The van der Waals surface area contributed by atoms with Crippen LogP contribution in [0.2, 0.25) is 0 Å². The molecule has 0 radical (unpaired) electrons. The van der Waals surface area contributed by atoms with Crippen molar-refractivity contribution in [1.82, 2.24) is 10.2 Å². The zero-order chi connectivity index (χ0) is 20.2. The van der Waals surface area contributed by atoms with Crippen LogP contribution in [0.3, 0.4) is 0 Å². The molecule has 1 atom stereocenters. The van der Waals surface area contributed by atoms with Crippen LogP contribution < -0.4 is 5.32 Å². The summed E-state index contributed by atoms with van der Waals surface area (Å²) in [7, 11) is 0. The molecule has 0 aromatic heterocycles. The van der Waals surface area contributed by atoms with Gasteiger partial charge in [0.25, 0.3) is 5.91 Å². The molecule has 2 amide bonds. The van der Waals surface area contributed by atoms with Crippen LogP contribution in [-0.2, 0) is 24.2 Å². The summed E-state index contributed by atoms with van der Waals surface area (Å²) in [6.45, 7) is 3.58. The van der Waals surface area contributed by atoms with E-state index in [1.165, 1.54) is 36.0 Å². The number of rotatable bonds is 6. The maximum atomic E-state index is 12.8. The third-order valence-electron chi connectivity index (χ3n) is 6.25. The Morgan fingerprint density at radius 1 is 1.00 bits per heavy atom. The molecule has 1 aliphatic heterocycles. The Bertz CT molecular complexity index is 888. The molecule has 1 saturated heterocycles. The smallest absolute Gasteiger partial charge is 0.251 e. The average molecular weight is 391 g/mol. The lowest BCUT2D eigenvalue weighted by molar-refractivity contribution is -0.128. The van der Waals surface area contributed by atoms with Gasteiger partial charge in [0.15, 0.2) is 0 Å². The fraction of sp³-hybridized carbons (Fsp3) is 0.440. The standard InChI is InChI=1S/C25H30N2O2/c1-2-23(22-14-13-19-6-3-4-7-21(19)16-22)26-25(29)20-11-9-18(10-12-20)17-27-15-5-8-24(27)28/h9-14,16,23H,2-8,15,17H2,1H3,(H,26,29)/t23-/m0/s1. The Labute approximate surface area is 173 Å². The third kappa shape index (κ3) is 4.52. The summed E-state index contributed by atoms with van der Waals surface area (Å²) in [6.07, 6.45) is 7.32. The molecule has 29 heavy (non-hydrogen) atoms. The number of hydrogen-bond donors (Lipinski definition) is 1. The number of likely N-dealkylation sites (tertiary alicyclic amines) is 1. The molecule has 2 aliphatic rings. The highest BCUT2D eigenvalue weighted by atomic mass is 16.2. The fourth-order valence-electron chi connectivity index (χ4n) is 4.49. The topological polar surface area (TPSA) is 49.4 Å². The number of aryl methyl sites for hydroxylation is 2. The van der Waals surface area contributed by atoms with Gasteiger partial charge >= 0.3 is 0 Å². The lowest BCUT2D eigenvalue weighted by Crippen LogP contribution is -2.28. The third-order valence-corrected chi connectivity index (χ3v) is 6.25. The summed E-state index contributed by atoms with van der Waals surface area (Å²) in [5.74, 6) is 0.182. The van der Waals surface area contributed by atoms with Crippen LogP contribution in [0.5, 0.6) is 0 Å². The van der Waals surface area contributed by atoms with Crippen molar-refractivity contribution in [2.75, 3.05) is 6.54 Å². The summed E-state index contributed by atoms with van der Waals surface area (Å²) in [5.41, 5.74) is 5.85. The molecular formula is C25H30N2O2. The number of amides is 2. The number of carbonyl (C=O) groups excluding carboxylic acids is 2. The molecule has 0 spiro atoms. The maximum Gasteiger partial charge on any atom is 0.251 e. The van der Waals surface area contributed by atoms with Gasteiger partial charge in [-0.05, 0) is 72.9 Å². The predicted octanol–water partition coefficient (Wildman–Crippen LogP) is 4.57. The van der Waals surface area contributed by atoms with Crippen LogP contribution in [0.1, 0.15) is 77.7 Å². The quantitative estimate of drug-likeness (QED) is 0.785. The van der Waals surface area contributed by atoms with E-state index in [0.717, 1.165) is 31.4 Å². The number of benzene rings is 2. The average Bonchev–Trinajstić information content (AvgIpc) is 3.16. The minimum atomic E-state index is -0.0432. The molecule has 2 aromatic carbocycles. The molecule has 152 valence electrons. The van der Waals surface area contributed by atoms with Crippen molar-refractivity contribution in [2.24, 2.45) is 0 Å². The molecule has 1 N–H and O–H groups in total. The first-order valence-electron chi connectivity index (χ1n) is 10.9. The molecule has 0 saturated carbocycles. The van der Waals surface area contributed by atoms with Crippen molar-refractivity contribution >= 4 is 11.8 Å². The van der Waals surface area contributed by atoms with E-state index in [-0.39, 0.29) is 17.9 Å². The monoisotopic (exact) mass is 390 g/mol. The van der Waals surface area contributed by atoms with Crippen molar-refractivity contribution in [3.63, 3.8) is 0 Å². The van der Waals surface area contributed by atoms with E-state index in [1.54, 1.807) is 0 Å². The largest absolute Gasteiger partial charge is 0.345 e. The van der Waals surface area contributed by atoms with Gasteiger partial charge in [-0.25, -0.2) is 0 Å². The maximum absolute atomic E-state index is 12.8. The van der Waals surface area contributed by atoms with Crippen LogP contribution in [0, 0.1) is 0 Å². The van der Waals surface area contributed by atoms with Gasteiger partial charge in [0.2, 0.25) is 5.91 Å². The van der Waals surface area contributed by atoms with Crippen LogP contribution >= 0.6 is 0 Å². The minimum absolute atomic E-state index is 0.0247. The zero-order valence-electron chi connectivity index (χ0n) is 17.2. The van der Waals surface area contributed by atoms with E-state index in [1.807, 2.05) is 29.2 Å². The van der Waals surface area contributed by atoms with Gasteiger partial charge < -0.3 is 10.2 Å². The summed E-state index contributed by atoms with van der Waals surface area (Å²) in [4.78, 5) is 26.5. The first-order valence-corrected chi connectivity index (χ1v) is 10.9. The number of carbonyl (C=O) groups is 2. The van der Waals surface area contributed by atoms with E-state index in [4.69, 9.17) is 0 Å². The summed E-state index contributed by atoms with van der Waals surface area (Å²) < 4.78 is 0. The first kappa shape index (κ1) is 19.7. The molecule has 0 bridgehead atoms. The molecule has 4 rings (SSSR count). The van der Waals surface area contributed by atoms with Gasteiger partial charge in [0.1, 0.15) is 0 Å². The Kier molecular flexibility index (Phi) is 5.98. The number of fused-ring (bicyclic) bond motifs is 1. The van der Waals surface area contributed by atoms with Crippen molar-refractivity contribution in [3.05, 3.63) is 70.3 Å². The molecule has 1 aliphatic carbocycles. The summed E-state index contributed by atoms with van der Waals surface area (Å²) in [6, 6.07) is 14.4. The van der Waals surface area contributed by atoms with Crippen LogP contribution in [0.4, 0.5) is 0 Å². The van der Waals surface area contributed by atoms with Gasteiger partial charge in [-0.1, -0.05) is 37.3 Å². The number of hydrogen-bond acceptors (Lipinski definition) is 2. The van der Waals surface area contributed by atoms with Crippen LogP contribution in [-0.4, -0.2) is 23.3 Å². The fourth-order valence-corrected chi connectivity index (χ4v) is 4.49. The Balaban J connectivity index is 1.41. The van der Waals surface area contributed by atoms with Gasteiger partial charge in [0.05, 0.1) is 6.04 Å². The Morgan fingerprint density at radius 2 is 1.76 bits per heavy atom. The lowest BCUT2D eigenvalue weighted by atomic mass is 9.88. The van der Waals surface area contributed by atoms with E-state index < -0.39 is 0 Å². The second kappa shape index (κ2) is 8.81. The molecule has 4 heteroatoms. The Morgan fingerprint density at radius 3 is 2.45 bits per heavy atom. The number of nitrogens with zero attached hydrogens (tertiary/aromatic N) is 1. The highest BCUT2D eigenvalue weighted by Crippen LogP contribution is 2.26. The second-order valence-electron chi connectivity index (χ2n) is 8.29. The predicted molar refractivity (Wildman–Crippen MR) is 115 cm³/mol. The normalized spacial score (nSPS) is 17.1. The number of nitrogens with one attached hydrogen (secondary N) is 1. The molecule has 1 fully saturated rings. The summed E-state index contributed by atoms with van der Waals surface area (Å²) >= 11 is 0. The molecule has 0 unspecified atom stereocenters. The first-order chi connectivity index (χ1) is 14.1. The highest BCUT2D eigenvalue weighted by molar-refractivity contribution is 5.94. The lowest BCUT2D eigenvalue weighted by Gasteiger charge is -2.22. The van der Waals surface area contributed by atoms with Crippen molar-refractivity contribution in [2.45, 2.75) is 64.5 Å². The van der Waals surface area contributed by atoms with E-state index in [9.17, 15) is 9.59 Å². The van der Waals surface area contributed by atoms with Gasteiger partial charge in [-0.15, -0.1) is 0 Å². The molecule has 4 nitrogen and oxygen atoms in total. The SMILES string of the molecule is CC[C@H](NC(=O)c1ccc(CN2CCCC2=O)cc1)c1ccc2c(c1)CCCC2.